The van der Waals surface area contributed by atoms with Crippen LogP contribution in [-0.4, -0.2) is 43.5 Å². The second kappa shape index (κ2) is 12.2. The maximum Gasteiger partial charge on any atom is 0.326 e. The summed E-state index contributed by atoms with van der Waals surface area (Å²) in [4.78, 5) is 24.9. The number of carboxylic acids is 1. The summed E-state index contributed by atoms with van der Waals surface area (Å²) in [6, 6.07) is 19.7. The van der Waals surface area contributed by atoms with Crippen LogP contribution in [0.25, 0.3) is 11.1 Å². The zero-order chi connectivity index (χ0) is 27.2. The average Bonchev–Trinajstić information content (AvgIpc) is 2.84. The third-order valence-corrected chi connectivity index (χ3v) is 7.13. The topological polar surface area (TPSA) is 110 Å². The maximum absolute atomic E-state index is 13.2. The van der Waals surface area contributed by atoms with Crippen molar-refractivity contribution in [2.75, 3.05) is 12.0 Å². The molecular formula is C29H33NO6S. The van der Waals surface area contributed by atoms with Gasteiger partial charge in [0.15, 0.2) is 0 Å². The second-order valence-corrected chi connectivity index (χ2v) is 11.6. The van der Waals surface area contributed by atoms with Crippen LogP contribution >= 0.6 is 0 Å². The summed E-state index contributed by atoms with van der Waals surface area (Å²) >= 11 is 0. The van der Waals surface area contributed by atoms with Crippen molar-refractivity contribution in [2.45, 2.75) is 45.9 Å². The zero-order valence-electron chi connectivity index (χ0n) is 21.5. The Bertz CT molecular complexity index is 1380. The molecule has 196 valence electrons. The van der Waals surface area contributed by atoms with Crippen molar-refractivity contribution < 1.29 is 27.9 Å². The quantitative estimate of drug-likeness (QED) is 0.371. The van der Waals surface area contributed by atoms with E-state index in [9.17, 15) is 23.1 Å². The summed E-state index contributed by atoms with van der Waals surface area (Å²) in [5.41, 5.74) is 5.83. The highest BCUT2D eigenvalue weighted by atomic mass is 32.2. The van der Waals surface area contributed by atoms with Crippen LogP contribution < -0.4 is 5.32 Å². The summed E-state index contributed by atoms with van der Waals surface area (Å²) in [5, 5.41) is 12.0. The van der Waals surface area contributed by atoms with Gasteiger partial charge >= 0.3 is 5.97 Å². The number of carbonyl (C=O) groups is 2. The van der Waals surface area contributed by atoms with Crippen LogP contribution in [0, 0.1) is 13.8 Å². The van der Waals surface area contributed by atoms with E-state index in [4.69, 9.17) is 4.74 Å². The van der Waals surface area contributed by atoms with E-state index in [1.807, 2.05) is 69.3 Å². The number of ether oxygens (including phenoxy) is 1. The van der Waals surface area contributed by atoms with Crippen molar-refractivity contribution >= 4 is 21.7 Å². The number of hydrogen-bond acceptors (Lipinski definition) is 5. The predicted molar refractivity (Wildman–Crippen MR) is 144 cm³/mol. The van der Waals surface area contributed by atoms with E-state index in [1.54, 1.807) is 12.1 Å². The molecular weight excluding hydrogens is 490 g/mol. The Morgan fingerprint density at radius 1 is 0.973 bits per heavy atom. The van der Waals surface area contributed by atoms with Gasteiger partial charge in [0.25, 0.3) is 5.91 Å². The number of aliphatic carboxylic acids is 1. The summed E-state index contributed by atoms with van der Waals surface area (Å²) in [6.45, 7) is 6.28. The molecule has 0 saturated heterocycles. The standard InChI is InChI=1S/C29H33NO6S/c1-19-8-7-10-23(16-19)21(3)36-18-22-12-13-25(26(17-22)24-11-6-5-9-20(24)2)28(31)30-27(29(32)33)14-15-37(4,34)35/h5-13,16-17,21,27H,14-15,18H2,1-4H3,(H,30,31)(H,32,33). The van der Waals surface area contributed by atoms with Gasteiger partial charge in [0, 0.05) is 11.8 Å². The van der Waals surface area contributed by atoms with Gasteiger partial charge in [-0.05, 0) is 67.1 Å². The summed E-state index contributed by atoms with van der Waals surface area (Å²) in [7, 11) is -3.38. The van der Waals surface area contributed by atoms with E-state index in [-0.39, 0.29) is 18.3 Å². The lowest BCUT2D eigenvalue weighted by molar-refractivity contribution is -0.139. The van der Waals surface area contributed by atoms with Crippen LogP contribution in [0.3, 0.4) is 0 Å². The molecule has 0 aliphatic heterocycles. The Hall–Kier alpha value is -3.49. The van der Waals surface area contributed by atoms with E-state index in [2.05, 4.69) is 11.4 Å². The van der Waals surface area contributed by atoms with E-state index < -0.39 is 27.8 Å². The Balaban J connectivity index is 1.88. The molecule has 0 saturated carbocycles. The molecule has 0 heterocycles. The molecule has 3 aromatic rings. The molecule has 8 heteroatoms. The fourth-order valence-corrected chi connectivity index (χ4v) is 4.71. The van der Waals surface area contributed by atoms with Crippen LogP contribution in [-0.2, 0) is 26.0 Å². The molecule has 0 fully saturated rings. The van der Waals surface area contributed by atoms with Crippen molar-refractivity contribution in [3.63, 3.8) is 0 Å². The molecule has 1 amide bonds. The molecule has 0 bridgehead atoms. The number of nitrogens with one attached hydrogen (secondary N) is 1. The first kappa shape index (κ1) is 28.1. The van der Waals surface area contributed by atoms with Gasteiger partial charge in [-0.15, -0.1) is 0 Å². The molecule has 0 aliphatic rings. The molecule has 3 rings (SSSR count). The van der Waals surface area contributed by atoms with Gasteiger partial charge in [0.2, 0.25) is 0 Å². The van der Waals surface area contributed by atoms with Crippen LogP contribution in [0.1, 0.15) is 52.1 Å². The minimum absolute atomic E-state index is 0.129. The summed E-state index contributed by atoms with van der Waals surface area (Å²) in [5.74, 6) is -2.21. The highest BCUT2D eigenvalue weighted by Crippen LogP contribution is 2.29. The lowest BCUT2D eigenvalue weighted by Crippen LogP contribution is -2.42. The largest absolute Gasteiger partial charge is 0.480 e. The fourth-order valence-electron chi connectivity index (χ4n) is 4.04. The number of carbonyl (C=O) groups excluding carboxylic acids is 1. The van der Waals surface area contributed by atoms with Crippen LogP contribution in [0.2, 0.25) is 0 Å². The van der Waals surface area contributed by atoms with Gasteiger partial charge in [0.1, 0.15) is 15.9 Å². The van der Waals surface area contributed by atoms with Crippen molar-refractivity contribution in [1.29, 1.82) is 0 Å². The summed E-state index contributed by atoms with van der Waals surface area (Å²) in [6.07, 6.45) is 0.684. The Labute approximate surface area is 218 Å². The van der Waals surface area contributed by atoms with Gasteiger partial charge < -0.3 is 15.2 Å². The van der Waals surface area contributed by atoms with E-state index in [0.29, 0.717) is 17.7 Å². The van der Waals surface area contributed by atoms with E-state index >= 15 is 0 Å². The van der Waals surface area contributed by atoms with Crippen LogP contribution in [0.15, 0.2) is 66.7 Å². The molecule has 2 atom stereocenters. The molecule has 2 unspecified atom stereocenters. The monoisotopic (exact) mass is 523 g/mol. The minimum Gasteiger partial charge on any atom is -0.480 e. The first-order valence-corrected chi connectivity index (χ1v) is 14.1. The molecule has 0 spiro atoms. The Kier molecular flexibility index (Phi) is 9.23. The highest BCUT2D eigenvalue weighted by molar-refractivity contribution is 7.90. The molecule has 0 radical (unpaired) electrons. The van der Waals surface area contributed by atoms with Gasteiger partial charge in [-0.3, -0.25) is 4.79 Å². The Morgan fingerprint density at radius 3 is 2.35 bits per heavy atom. The van der Waals surface area contributed by atoms with Gasteiger partial charge in [-0.1, -0.05) is 60.2 Å². The van der Waals surface area contributed by atoms with Crippen molar-refractivity contribution in [1.82, 2.24) is 5.32 Å². The van der Waals surface area contributed by atoms with Gasteiger partial charge in [-0.2, -0.15) is 0 Å². The van der Waals surface area contributed by atoms with Gasteiger partial charge in [-0.25, -0.2) is 13.2 Å². The van der Waals surface area contributed by atoms with E-state index in [0.717, 1.165) is 34.1 Å². The highest BCUT2D eigenvalue weighted by Gasteiger charge is 2.24. The number of rotatable bonds is 11. The van der Waals surface area contributed by atoms with Crippen molar-refractivity contribution in [2.24, 2.45) is 0 Å². The third-order valence-electron chi connectivity index (χ3n) is 6.16. The van der Waals surface area contributed by atoms with Crippen LogP contribution in [0.4, 0.5) is 0 Å². The molecule has 2 N–H and O–H groups in total. The molecule has 0 aromatic heterocycles. The van der Waals surface area contributed by atoms with Gasteiger partial charge in [0.05, 0.1) is 18.5 Å². The zero-order valence-corrected chi connectivity index (χ0v) is 22.3. The number of sulfone groups is 1. The first-order valence-electron chi connectivity index (χ1n) is 12.0. The summed E-state index contributed by atoms with van der Waals surface area (Å²) < 4.78 is 29.2. The number of aryl methyl sites for hydroxylation is 2. The number of hydrogen-bond donors (Lipinski definition) is 2. The number of carboxylic acid groups (broad SMARTS) is 1. The van der Waals surface area contributed by atoms with Crippen LogP contribution in [0.5, 0.6) is 0 Å². The first-order chi connectivity index (χ1) is 17.4. The number of amides is 1. The molecule has 37 heavy (non-hydrogen) atoms. The lowest BCUT2D eigenvalue weighted by atomic mass is 9.93. The second-order valence-electron chi connectivity index (χ2n) is 9.35. The van der Waals surface area contributed by atoms with E-state index in [1.165, 1.54) is 0 Å². The molecule has 3 aromatic carbocycles. The molecule has 0 aliphatic carbocycles. The SMILES string of the molecule is Cc1cccc(C(C)OCc2ccc(C(=O)NC(CCS(C)(=O)=O)C(=O)O)c(-c3ccccc3C)c2)c1. The normalized spacial score (nSPS) is 13.1. The lowest BCUT2D eigenvalue weighted by Gasteiger charge is -2.18. The average molecular weight is 524 g/mol. The maximum atomic E-state index is 13.2. The Morgan fingerprint density at radius 2 is 1.70 bits per heavy atom. The van der Waals surface area contributed by atoms with Crippen molar-refractivity contribution in [3.8, 4) is 11.1 Å². The molecule has 7 nitrogen and oxygen atoms in total. The minimum atomic E-state index is -3.38. The predicted octanol–water partition coefficient (Wildman–Crippen LogP) is 4.87. The fraction of sp³-hybridized carbons (Fsp3) is 0.310. The third kappa shape index (κ3) is 8.00. The van der Waals surface area contributed by atoms with Crippen molar-refractivity contribution in [3.05, 3.63) is 94.5 Å². The number of benzene rings is 3. The smallest absolute Gasteiger partial charge is 0.326 e.